The summed E-state index contributed by atoms with van der Waals surface area (Å²) in [6.45, 7) is 4.00. The number of hydrogen-bond acceptors (Lipinski definition) is 3. The third-order valence-corrected chi connectivity index (χ3v) is 3.79. The van der Waals surface area contributed by atoms with Crippen molar-refractivity contribution in [3.8, 4) is 0 Å². The van der Waals surface area contributed by atoms with E-state index < -0.39 is 10.8 Å². The van der Waals surface area contributed by atoms with Crippen LogP contribution < -0.4 is 0 Å². The zero-order chi connectivity index (χ0) is 14.8. The lowest BCUT2D eigenvalue weighted by Crippen LogP contribution is -2.04. The van der Waals surface area contributed by atoms with Gasteiger partial charge in [0, 0.05) is 29.2 Å². The van der Waals surface area contributed by atoms with E-state index in [1.165, 1.54) is 0 Å². The van der Waals surface area contributed by atoms with Crippen molar-refractivity contribution in [3.63, 3.8) is 0 Å². The van der Waals surface area contributed by atoms with Crippen molar-refractivity contribution in [3.05, 3.63) is 42.0 Å². The highest BCUT2D eigenvalue weighted by Gasteiger charge is 2.03. The van der Waals surface area contributed by atoms with Crippen LogP contribution >= 0.6 is 0 Å². The van der Waals surface area contributed by atoms with Gasteiger partial charge >= 0.3 is 5.97 Å². The molecular weight excluding hydrogens is 272 g/mol. The van der Waals surface area contributed by atoms with Crippen molar-refractivity contribution in [1.82, 2.24) is 0 Å². The minimum absolute atomic E-state index is 0.171. The topological polar surface area (TPSA) is 43.4 Å². The van der Waals surface area contributed by atoms with E-state index in [1.807, 2.05) is 24.3 Å². The molecule has 1 aromatic rings. The Hall–Kier alpha value is -1.42. The molecule has 0 spiro atoms. The number of unbranched alkanes of at least 4 members (excludes halogenated alkanes) is 2. The van der Waals surface area contributed by atoms with Gasteiger partial charge in [-0.1, -0.05) is 43.3 Å². The van der Waals surface area contributed by atoms with E-state index in [0.717, 1.165) is 30.4 Å². The molecule has 0 amide bonds. The predicted octanol–water partition coefficient (Wildman–Crippen LogP) is 3.31. The van der Waals surface area contributed by atoms with Gasteiger partial charge in [-0.15, -0.1) is 0 Å². The number of benzene rings is 1. The first-order chi connectivity index (χ1) is 9.61. The lowest BCUT2D eigenvalue weighted by atomic mass is 10.1. The lowest BCUT2D eigenvalue weighted by molar-refractivity contribution is -0.145. The summed E-state index contributed by atoms with van der Waals surface area (Å²) in [4.78, 5) is 11.5. The molecule has 3 nitrogen and oxygen atoms in total. The normalized spacial score (nSPS) is 11.8. The molecule has 0 aliphatic carbocycles. The summed E-state index contributed by atoms with van der Waals surface area (Å²) in [5, 5.41) is 0. The minimum atomic E-state index is -0.734. The average molecular weight is 294 g/mol. The first kappa shape index (κ1) is 16.6. The van der Waals surface area contributed by atoms with Crippen LogP contribution in [0.4, 0.5) is 0 Å². The van der Waals surface area contributed by atoms with Gasteiger partial charge in [-0.05, 0) is 24.0 Å². The summed E-state index contributed by atoms with van der Waals surface area (Å²) in [7, 11) is -0.734. The Balaban J connectivity index is 2.15. The second-order valence-electron chi connectivity index (χ2n) is 4.69. The second-order valence-corrected chi connectivity index (χ2v) is 6.25. The smallest absolute Gasteiger partial charge is 0.306 e. The Labute approximate surface area is 123 Å². The zero-order valence-corrected chi connectivity index (χ0v) is 12.8. The van der Waals surface area contributed by atoms with E-state index in [4.69, 9.17) is 4.74 Å². The number of ether oxygens (including phenoxy) is 1. The molecule has 0 heterocycles. The Bertz CT molecular complexity index is 451. The van der Waals surface area contributed by atoms with Gasteiger partial charge in [-0.2, -0.15) is 0 Å². The summed E-state index contributed by atoms with van der Waals surface area (Å²) < 4.78 is 16.1. The summed E-state index contributed by atoms with van der Waals surface area (Å²) >= 11 is 0. The third kappa shape index (κ3) is 7.24. The Kier molecular flexibility index (Phi) is 7.88. The molecule has 4 heteroatoms. The van der Waals surface area contributed by atoms with Crippen LogP contribution in [-0.2, 0) is 26.9 Å². The first-order valence-electron chi connectivity index (χ1n) is 6.79. The molecule has 0 aliphatic heterocycles. The average Bonchev–Trinajstić information content (AvgIpc) is 2.45. The van der Waals surface area contributed by atoms with Gasteiger partial charge in [0.15, 0.2) is 0 Å². The number of esters is 1. The largest absolute Gasteiger partial charge is 0.461 e. The van der Waals surface area contributed by atoms with E-state index in [-0.39, 0.29) is 5.97 Å². The number of carbonyl (C=O) groups excluding carboxylic acids is 1. The highest BCUT2D eigenvalue weighted by molar-refractivity contribution is 7.84. The van der Waals surface area contributed by atoms with Crippen LogP contribution in [0.25, 0.3) is 6.08 Å². The second kappa shape index (κ2) is 9.48. The van der Waals surface area contributed by atoms with Gasteiger partial charge in [0.25, 0.3) is 0 Å². The van der Waals surface area contributed by atoms with Gasteiger partial charge in [0.05, 0.1) is 0 Å². The highest BCUT2D eigenvalue weighted by atomic mass is 32.2. The molecule has 0 bridgehead atoms. The van der Waals surface area contributed by atoms with Crippen molar-refractivity contribution < 1.29 is 13.7 Å². The van der Waals surface area contributed by atoms with Crippen LogP contribution in [0.2, 0.25) is 0 Å². The number of carbonyl (C=O) groups is 1. The molecule has 20 heavy (non-hydrogen) atoms. The fourth-order valence-electron chi connectivity index (χ4n) is 1.74. The van der Waals surface area contributed by atoms with Crippen molar-refractivity contribution >= 4 is 22.8 Å². The van der Waals surface area contributed by atoms with Crippen molar-refractivity contribution in [2.24, 2.45) is 0 Å². The predicted molar refractivity (Wildman–Crippen MR) is 83.7 cm³/mol. The fraction of sp³-hybridized carbons (Fsp3) is 0.438. The van der Waals surface area contributed by atoms with Crippen molar-refractivity contribution in [2.45, 2.75) is 32.3 Å². The van der Waals surface area contributed by atoms with Crippen molar-refractivity contribution in [2.75, 3.05) is 12.0 Å². The Morgan fingerprint density at radius 2 is 1.95 bits per heavy atom. The molecule has 0 saturated carbocycles. The summed E-state index contributed by atoms with van der Waals surface area (Å²) in [5.41, 5.74) is 2.03. The molecule has 0 aliphatic rings. The van der Waals surface area contributed by atoms with E-state index in [1.54, 1.807) is 12.3 Å². The highest BCUT2D eigenvalue weighted by Crippen LogP contribution is 2.08. The first-order valence-corrected chi connectivity index (χ1v) is 8.51. The summed E-state index contributed by atoms with van der Waals surface area (Å²) in [5.74, 6) is 0.542. The number of hydrogen-bond donors (Lipinski definition) is 0. The van der Waals surface area contributed by atoms with E-state index in [9.17, 15) is 9.00 Å². The van der Waals surface area contributed by atoms with Crippen LogP contribution in [0.1, 0.15) is 36.8 Å². The van der Waals surface area contributed by atoms with Crippen LogP contribution in [0.5, 0.6) is 0 Å². The minimum Gasteiger partial charge on any atom is -0.461 e. The van der Waals surface area contributed by atoms with E-state index in [0.29, 0.717) is 18.8 Å². The molecule has 1 unspecified atom stereocenters. The summed E-state index contributed by atoms with van der Waals surface area (Å²) in [6.07, 6.45) is 6.53. The lowest BCUT2D eigenvalue weighted by Gasteiger charge is -2.05. The van der Waals surface area contributed by atoms with Crippen LogP contribution in [0, 0.1) is 0 Å². The molecule has 0 radical (unpaired) electrons. The Morgan fingerprint density at radius 1 is 1.25 bits per heavy atom. The molecule has 0 aromatic heterocycles. The van der Waals surface area contributed by atoms with Gasteiger partial charge < -0.3 is 4.74 Å². The third-order valence-electron chi connectivity index (χ3n) is 2.93. The zero-order valence-electron chi connectivity index (χ0n) is 12.0. The van der Waals surface area contributed by atoms with Gasteiger partial charge in [-0.3, -0.25) is 9.00 Å². The molecule has 1 aromatic carbocycles. The van der Waals surface area contributed by atoms with E-state index in [2.05, 4.69) is 6.58 Å². The van der Waals surface area contributed by atoms with Gasteiger partial charge in [0.1, 0.15) is 6.61 Å². The number of rotatable bonds is 9. The standard InChI is InChI=1S/C16H22O3S/c1-3-14-8-10-15(11-9-14)13-19-16(17)7-5-4-6-12-20(2)18/h3,8-11H,1,4-7,12-13H2,2H3. The molecule has 0 N–H and O–H groups in total. The molecule has 0 saturated heterocycles. The maximum Gasteiger partial charge on any atom is 0.306 e. The Morgan fingerprint density at radius 3 is 2.55 bits per heavy atom. The fourth-order valence-corrected chi connectivity index (χ4v) is 2.35. The molecule has 0 fully saturated rings. The monoisotopic (exact) mass is 294 g/mol. The molecular formula is C16H22O3S. The van der Waals surface area contributed by atoms with Gasteiger partial charge in [0.2, 0.25) is 0 Å². The van der Waals surface area contributed by atoms with Gasteiger partial charge in [-0.25, -0.2) is 0 Å². The molecule has 110 valence electrons. The van der Waals surface area contributed by atoms with Crippen LogP contribution in [0.15, 0.2) is 30.8 Å². The van der Waals surface area contributed by atoms with Crippen molar-refractivity contribution in [1.29, 1.82) is 0 Å². The molecule has 1 rings (SSSR count). The summed E-state index contributed by atoms with van der Waals surface area (Å²) in [6, 6.07) is 7.75. The van der Waals surface area contributed by atoms with E-state index >= 15 is 0 Å². The quantitative estimate of drug-likeness (QED) is 0.518. The van der Waals surface area contributed by atoms with Crippen LogP contribution in [-0.4, -0.2) is 22.2 Å². The SMILES string of the molecule is C=Cc1ccc(COC(=O)CCCCCS(C)=O)cc1. The maximum atomic E-state index is 11.5. The molecule has 1 atom stereocenters. The van der Waals surface area contributed by atoms with Crippen LogP contribution in [0.3, 0.4) is 0 Å². The maximum absolute atomic E-state index is 11.5.